The maximum Gasteiger partial charge on any atom is 0.573 e. The van der Waals surface area contributed by atoms with E-state index in [1.54, 1.807) is 0 Å². The van der Waals surface area contributed by atoms with Crippen molar-refractivity contribution in [3.8, 4) is 5.75 Å². The third-order valence-corrected chi connectivity index (χ3v) is 3.25. The maximum atomic E-state index is 12.3. The number of imidazole rings is 1. The Kier molecular flexibility index (Phi) is 3.91. The zero-order chi connectivity index (χ0) is 18.2. The van der Waals surface area contributed by atoms with Crippen LogP contribution < -0.4 is 10.3 Å². The molecule has 2 aromatic heterocycles. The number of nitro groups is 1. The van der Waals surface area contributed by atoms with Crippen molar-refractivity contribution in [1.29, 1.82) is 0 Å². The quantitative estimate of drug-likeness (QED) is 0.530. The third kappa shape index (κ3) is 3.59. The molecule has 3 aromatic rings. The van der Waals surface area contributed by atoms with Gasteiger partial charge in [0.1, 0.15) is 11.9 Å². The first-order valence-corrected chi connectivity index (χ1v) is 6.80. The molecule has 0 atom stereocenters. The van der Waals surface area contributed by atoms with Gasteiger partial charge in [0.05, 0.1) is 6.54 Å². The second-order valence-electron chi connectivity index (χ2n) is 5.01. The van der Waals surface area contributed by atoms with Crippen LogP contribution >= 0.6 is 0 Å². The molecule has 0 saturated carbocycles. The van der Waals surface area contributed by atoms with E-state index >= 15 is 0 Å². The van der Waals surface area contributed by atoms with Crippen molar-refractivity contribution in [2.45, 2.75) is 12.9 Å². The summed E-state index contributed by atoms with van der Waals surface area (Å²) in [6, 6.07) is 5.17. The Morgan fingerprint density at radius 2 is 2.04 bits per heavy atom. The Hall–Kier alpha value is -3.37. The number of rotatable bonds is 4. The standard InChI is InChI=1S/C14H9F3N4O4/c15-14(16,17)25-10-3-1-2-9(6-10)7-20-5-4-19-8-11(21(23)24)18-12(19)13(20)22/h1-6,8H,7H2. The monoisotopic (exact) mass is 354 g/mol. The zero-order valence-electron chi connectivity index (χ0n) is 12.3. The summed E-state index contributed by atoms with van der Waals surface area (Å²) in [5.74, 6) is -0.883. The molecule has 0 aliphatic carbocycles. The predicted molar refractivity (Wildman–Crippen MR) is 78.3 cm³/mol. The van der Waals surface area contributed by atoms with E-state index in [1.165, 1.54) is 33.5 Å². The Bertz CT molecular complexity index is 1010. The van der Waals surface area contributed by atoms with Gasteiger partial charge >= 0.3 is 23.4 Å². The van der Waals surface area contributed by atoms with E-state index in [1.807, 2.05) is 0 Å². The number of aromatic nitrogens is 3. The molecule has 0 aliphatic rings. The van der Waals surface area contributed by atoms with Gasteiger partial charge in [0.15, 0.2) is 0 Å². The first kappa shape index (κ1) is 16.5. The predicted octanol–water partition coefficient (Wildman–Crippen LogP) is 2.35. The number of nitrogens with zero attached hydrogens (tertiary/aromatic N) is 4. The molecule has 0 saturated heterocycles. The summed E-state index contributed by atoms with van der Waals surface area (Å²) < 4.78 is 43.0. The van der Waals surface area contributed by atoms with Gasteiger partial charge in [-0.15, -0.1) is 13.2 Å². The van der Waals surface area contributed by atoms with E-state index in [0.29, 0.717) is 5.56 Å². The number of alkyl halides is 3. The molecule has 1 aromatic carbocycles. The Labute approximate surface area is 136 Å². The van der Waals surface area contributed by atoms with Crippen molar-refractivity contribution in [2.75, 3.05) is 0 Å². The Morgan fingerprint density at radius 1 is 1.28 bits per heavy atom. The Balaban J connectivity index is 1.93. The van der Waals surface area contributed by atoms with Gasteiger partial charge in [-0.25, -0.2) is 0 Å². The minimum Gasteiger partial charge on any atom is -0.406 e. The van der Waals surface area contributed by atoms with Crippen LogP contribution in [0, 0.1) is 10.1 Å². The van der Waals surface area contributed by atoms with Gasteiger partial charge in [0, 0.05) is 12.4 Å². The summed E-state index contributed by atoms with van der Waals surface area (Å²) in [5, 5.41) is 10.7. The van der Waals surface area contributed by atoms with E-state index in [-0.39, 0.29) is 12.2 Å². The normalized spacial score (nSPS) is 11.6. The number of benzene rings is 1. The molecule has 8 nitrogen and oxygen atoms in total. The van der Waals surface area contributed by atoms with Crippen LogP contribution in [-0.4, -0.2) is 25.2 Å². The Morgan fingerprint density at radius 3 is 2.72 bits per heavy atom. The molecular weight excluding hydrogens is 345 g/mol. The van der Waals surface area contributed by atoms with Gasteiger partial charge in [0.2, 0.25) is 0 Å². The molecule has 0 amide bonds. The van der Waals surface area contributed by atoms with Crippen LogP contribution in [0.5, 0.6) is 5.75 Å². The summed E-state index contributed by atoms with van der Waals surface area (Å²) in [6.07, 6.45) is -0.965. The van der Waals surface area contributed by atoms with Crippen LogP contribution in [0.15, 0.2) is 47.7 Å². The lowest BCUT2D eigenvalue weighted by Crippen LogP contribution is -2.22. The van der Waals surface area contributed by atoms with Gasteiger partial charge in [-0.05, 0) is 27.6 Å². The minimum absolute atomic E-state index is 0.0505. The average molecular weight is 354 g/mol. The van der Waals surface area contributed by atoms with E-state index in [2.05, 4.69) is 9.72 Å². The first-order valence-electron chi connectivity index (χ1n) is 6.80. The maximum absolute atomic E-state index is 12.3. The van der Waals surface area contributed by atoms with Crippen molar-refractivity contribution in [3.05, 3.63) is 68.9 Å². The van der Waals surface area contributed by atoms with Crippen LogP contribution in [-0.2, 0) is 6.54 Å². The number of ether oxygens (including phenoxy) is 1. The highest BCUT2D eigenvalue weighted by Gasteiger charge is 2.31. The molecule has 0 spiro atoms. The highest BCUT2D eigenvalue weighted by molar-refractivity contribution is 5.41. The van der Waals surface area contributed by atoms with Gasteiger partial charge in [-0.2, -0.15) is 0 Å². The molecular formula is C14H9F3N4O4. The fourth-order valence-corrected chi connectivity index (χ4v) is 2.25. The molecule has 0 N–H and O–H groups in total. The number of halogens is 3. The number of hydrogen-bond donors (Lipinski definition) is 0. The minimum atomic E-state index is -4.82. The van der Waals surface area contributed by atoms with Crippen molar-refractivity contribution >= 4 is 11.5 Å². The summed E-state index contributed by atoms with van der Waals surface area (Å²) in [6.45, 7) is -0.0505. The molecule has 130 valence electrons. The molecule has 0 unspecified atom stereocenters. The average Bonchev–Trinajstić information content (AvgIpc) is 2.94. The molecule has 0 bridgehead atoms. The van der Waals surface area contributed by atoms with Crippen LogP contribution in [0.25, 0.3) is 5.65 Å². The molecule has 0 fully saturated rings. The van der Waals surface area contributed by atoms with Crippen molar-refractivity contribution in [2.24, 2.45) is 0 Å². The van der Waals surface area contributed by atoms with Gasteiger partial charge in [-0.3, -0.25) is 9.20 Å². The second-order valence-corrected chi connectivity index (χ2v) is 5.01. The zero-order valence-corrected chi connectivity index (χ0v) is 12.3. The summed E-state index contributed by atoms with van der Waals surface area (Å²) >= 11 is 0. The fraction of sp³-hybridized carbons (Fsp3) is 0.143. The lowest BCUT2D eigenvalue weighted by Gasteiger charge is -2.10. The molecule has 3 rings (SSSR count). The van der Waals surface area contributed by atoms with Crippen LogP contribution in [0.4, 0.5) is 19.0 Å². The van der Waals surface area contributed by atoms with Crippen LogP contribution in [0.3, 0.4) is 0 Å². The van der Waals surface area contributed by atoms with E-state index in [4.69, 9.17) is 0 Å². The second kappa shape index (κ2) is 5.92. The third-order valence-electron chi connectivity index (χ3n) is 3.25. The summed E-state index contributed by atoms with van der Waals surface area (Å²) in [4.78, 5) is 26.0. The lowest BCUT2D eigenvalue weighted by molar-refractivity contribution is -0.389. The topological polar surface area (TPSA) is 91.7 Å². The lowest BCUT2D eigenvalue weighted by atomic mass is 10.2. The smallest absolute Gasteiger partial charge is 0.406 e. The summed E-state index contributed by atoms with van der Waals surface area (Å²) in [7, 11) is 0. The van der Waals surface area contributed by atoms with Crippen molar-refractivity contribution < 1.29 is 22.8 Å². The van der Waals surface area contributed by atoms with E-state index in [9.17, 15) is 28.1 Å². The fourth-order valence-electron chi connectivity index (χ4n) is 2.25. The molecule has 11 heteroatoms. The highest BCUT2D eigenvalue weighted by atomic mass is 19.4. The van der Waals surface area contributed by atoms with Crippen LogP contribution in [0.2, 0.25) is 0 Å². The van der Waals surface area contributed by atoms with Gasteiger partial charge < -0.3 is 19.4 Å². The highest BCUT2D eigenvalue weighted by Crippen LogP contribution is 2.23. The van der Waals surface area contributed by atoms with E-state index < -0.39 is 28.4 Å². The van der Waals surface area contributed by atoms with E-state index in [0.717, 1.165) is 18.3 Å². The largest absolute Gasteiger partial charge is 0.573 e. The molecule has 25 heavy (non-hydrogen) atoms. The van der Waals surface area contributed by atoms with Crippen molar-refractivity contribution in [3.63, 3.8) is 0 Å². The van der Waals surface area contributed by atoms with Crippen molar-refractivity contribution in [1.82, 2.24) is 14.0 Å². The molecule has 0 aliphatic heterocycles. The summed E-state index contributed by atoms with van der Waals surface area (Å²) in [5.41, 5.74) is -0.385. The first-order chi connectivity index (χ1) is 11.7. The molecule has 0 radical (unpaired) electrons. The van der Waals surface area contributed by atoms with Crippen LogP contribution in [0.1, 0.15) is 5.56 Å². The van der Waals surface area contributed by atoms with Gasteiger partial charge in [-0.1, -0.05) is 12.1 Å². The molecule has 2 heterocycles. The number of hydrogen-bond acceptors (Lipinski definition) is 5. The van der Waals surface area contributed by atoms with Gasteiger partial charge in [0.25, 0.3) is 0 Å². The SMILES string of the molecule is O=c1c2nc([N+](=O)[O-])cn2ccn1Cc1cccc(OC(F)(F)F)c1. The number of fused-ring (bicyclic) bond motifs is 1.